The van der Waals surface area contributed by atoms with Crippen LogP contribution in [0.5, 0.6) is 5.75 Å². The van der Waals surface area contributed by atoms with Crippen LogP contribution in [0.1, 0.15) is 13.8 Å². The monoisotopic (exact) mass is 312 g/mol. The van der Waals surface area contributed by atoms with Crippen LogP contribution < -0.4 is 4.74 Å². The Kier molecular flexibility index (Phi) is 6.28. The van der Waals surface area contributed by atoms with Gasteiger partial charge < -0.3 is 4.74 Å². The molecule has 0 aliphatic carbocycles. The summed E-state index contributed by atoms with van der Waals surface area (Å²) >= 11 is 22.2. The summed E-state index contributed by atoms with van der Waals surface area (Å²) in [4.78, 5) is 0. The first-order valence-corrected chi connectivity index (χ1v) is 7.10. The largest absolute Gasteiger partial charge is 0.490 e. The molecule has 0 spiro atoms. The smallest absolute Gasteiger partial charge is 0.156 e. The van der Waals surface area contributed by atoms with Crippen LogP contribution in [0.2, 0.25) is 15.1 Å². The Morgan fingerprint density at radius 3 is 2.12 bits per heavy atom. The van der Waals surface area contributed by atoms with Crippen LogP contribution in [-0.2, 0) is 0 Å². The molecule has 96 valence electrons. The standard InChI is InChI=1S/C12H15Cl3OS/c1-7(2)8(6-17)5-16-12-10(14)3-9(13)4-11(12)15/h3-4,7-8,17H,5-6H2,1-2H3. The zero-order valence-corrected chi connectivity index (χ0v) is 12.9. The minimum absolute atomic E-state index is 0.362. The highest BCUT2D eigenvalue weighted by molar-refractivity contribution is 7.80. The van der Waals surface area contributed by atoms with E-state index in [1.54, 1.807) is 12.1 Å². The Balaban J connectivity index is 2.75. The summed E-state index contributed by atoms with van der Waals surface area (Å²) in [6, 6.07) is 3.24. The van der Waals surface area contributed by atoms with Crippen LogP contribution in [0.4, 0.5) is 0 Å². The zero-order chi connectivity index (χ0) is 13.0. The first-order valence-electron chi connectivity index (χ1n) is 5.34. The van der Waals surface area contributed by atoms with E-state index in [4.69, 9.17) is 39.5 Å². The Morgan fingerprint density at radius 2 is 1.71 bits per heavy atom. The second-order valence-electron chi connectivity index (χ2n) is 4.20. The maximum Gasteiger partial charge on any atom is 0.156 e. The number of hydrogen-bond acceptors (Lipinski definition) is 2. The van der Waals surface area contributed by atoms with Gasteiger partial charge in [0.15, 0.2) is 5.75 Å². The third kappa shape index (κ3) is 4.44. The molecule has 1 atom stereocenters. The van der Waals surface area contributed by atoms with Gasteiger partial charge in [-0.1, -0.05) is 48.7 Å². The van der Waals surface area contributed by atoms with Crippen molar-refractivity contribution in [2.45, 2.75) is 13.8 Å². The van der Waals surface area contributed by atoms with Gasteiger partial charge in [0.2, 0.25) is 0 Å². The molecule has 0 saturated carbocycles. The molecule has 0 amide bonds. The van der Waals surface area contributed by atoms with E-state index < -0.39 is 0 Å². The maximum absolute atomic E-state index is 6.03. The van der Waals surface area contributed by atoms with E-state index in [1.807, 2.05) is 0 Å². The van der Waals surface area contributed by atoms with E-state index >= 15 is 0 Å². The summed E-state index contributed by atoms with van der Waals surface area (Å²) < 4.78 is 5.67. The molecule has 1 aromatic rings. The molecule has 0 bridgehead atoms. The Hall–Kier alpha value is 0.240. The van der Waals surface area contributed by atoms with Gasteiger partial charge in [-0.25, -0.2) is 0 Å². The molecule has 17 heavy (non-hydrogen) atoms. The Labute approximate surface area is 123 Å². The van der Waals surface area contributed by atoms with Crippen molar-refractivity contribution in [2.24, 2.45) is 11.8 Å². The summed E-state index contributed by atoms with van der Waals surface area (Å²) in [6.45, 7) is 4.81. The van der Waals surface area contributed by atoms with Crippen molar-refractivity contribution >= 4 is 47.4 Å². The minimum Gasteiger partial charge on any atom is -0.490 e. The molecule has 0 N–H and O–H groups in total. The fourth-order valence-electron chi connectivity index (χ4n) is 1.31. The van der Waals surface area contributed by atoms with Gasteiger partial charge in [-0.2, -0.15) is 12.6 Å². The summed E-state index contributed by atoms with van der Waals surface area (Å²) in [5, 5.41) is 1.37. The predicted octanol–water partition coefficient (Wildman–Crippen LogP) is 5.23. The molecule has 0 heterocycles. The molecule has 1 nitrogen and oxygen atoms in total. The lowest BCUT2D eigenvalue weighted by Crippen LogP contribution is -2.19. The topological polar surface area (TPSA) is 9.23 Å². The van der Waals surface area contributed by atoms with Crippen LogP contribution in [-0.4, -0.2) is 12.4 Å². The number of benzene rings is 1. The number of hydrogen-bond donors (Lipinski definition) is 1. The van der Waals surface area contributed by atoms with Crippen LogP contribution in [0.3, 0.4) is 0 Å². The normalized spacial score (nSPS) is 12.9. The highest BCUT2D eigenvalue weighted by Crippen LogP contribution is 2.36. The molecule has 0 radical (unpaired) electrons. The lowest BCUT2D eigenvalue weighted by atomic mass is 9.99. The minimum atomic E-state index is 0.362. The molecular weight excluding hydrogens is 299 g/mol. The number of halogens is 3. The second kappa shape index (κ2) is 6.98. The van der Waals surface area contributed by atoms with E-state index in [0.717, 1.165) is 5.75 Å². The van der Waals surface area contributed by atoms with E-state index in [-0.39, 0.29) is 0 Å². The summed E-state index contributed by atoms with van der Waals surface area (Å²) in [5.74, 6) is 2.11. The van der Waals surface area contributed by atoms with Crippen molar-refractivity contribution in [3.63, 3.8) is 0 Å². The van der Waals surface area contributed by atoms with Gasteiger partial charge in [0, 0.05) is 10.9 Å². The lowest BCUT2D eigenvalue weighted by Gasteiger charge is -2.20. The highest BCUT2D eigenvalue weighted by Gasteiger charge is 2.15. The number of thiol groups is 1. The van der Waals surface area contributed by atoms with Gasteiger partial charge in [-0.15, -0.1) is 0 Å². The Bertz CT molecular complexity index is 359. The van der Waals surface area contributed by atoms with E-state index in [1.165, 1.54) is 0 Å². The summed E-state index contributed by atoms with van der Waals surface area (Å²) in [7, 11) is 0. The van der Waals surface area contributed by atoms with Crippen molar-refractivity contribution in [1.82, 2.24) is 0 Å². The van der Waals surface area contributed by atoms with Crippen LogP contribution >= 0.6 is 47.4 Å². The van der Waals surface area contributed by atoms with Crippen LogP contribution in [0.25, 0.3) is 0 Å². The van der Waals surface area contributed by atoms with Crippen molar-refractivity contribution in [3.8, 4) is 5.75 Å². The van der Waals surface area contributed by atoms with Gasteiger partial charge in [-0.05, 0) is 23.8 Å². The van der Waals surface area contributed by atoms with Crippen LogP contribution in [0.15, 0.2) is 12.1 Å². The lowest BCUT2D eigenvalue weighted by molar-refractivity contribution is 0.227. The third-order valence-corrected chi connectivity index (χ3v) is 3.83. The molecule has 1 unspecified atom stereocenters. The highest BCUT2D eigenvalue weighted by atomic mass is 35.5. The number of ether oxygens (including phenoxy) is 1. The third-order valence-electron chi connectivity index (χ3n) is 2.58. The van der Waals surface area contributed by atoms with Gasteiger partial charge in [0.25, 0.3) is 0 Å². The molecule has 0 fully saturated rings. The summed E-state index contributed by atoms with van der Waals surface area (Å²) in [5.41, 5.74) is 0. The van der Waals surface area contributed by atoms with Gasteiger partial charge in [0.1, 0.15) is 0 Å². The average molecular weight is 314 g/mol. The molecule has 1 rings (SSSR count). The Morgan fingerprint density at radius 1 is 1.18 bits per heavy atom. The van der Waals surface area contributed by atoms with Crippen molar-refractivity contribution < 1.29 is 4.74 Å². The molecule has 0 saturated heterocycles. The molecule has 1 aromatic carbocycles. The molecule has 0 aromatic heterocycles. The fourth-order valence-corrected chi connectivity index (χ4v) is 2.77. The van der Waals surface area contributed by atoms with Crippen molar-refractivity contribution in [3.05, 3.63) is 27.2 Å². The zero-order valence-electron chi connectivity index (χ0n) is 9.71. The molecule has 5 heteroatoms. The molecular formula is C12H15Cl3OS. The molecule has 0 aliphatic heterocycles. The van der Waals surface area contributed by atoms with Gasteiger partial charge >= 0.3 is 0 Å². The molecule has 0 aliphatic rings. The van der Waals surface area contributed by atoms with E-state index in [2.05, 4.69) is 26.5 Å². The first kappa shape index (κ1) is 15.3. The quantitative estimate of drug-likeness (QED) is 0.733. The van der Waals surface area contributed by atoms with Crippen LogP contribution in [0, 0.1) is 11.8 Å². The van der Waals surface area contributed by atoms with Crippen molar-refractivity contribution in [1.29, 1.82) is 0 Å². The maximum atomic E-state index is 6.03. The second-order valence-corrected chi connectivity index (χ2v) is 5.81. The van der Waals surface area contributed by atoms with Gasteiger partial charge in [0.05, 0.1) is 16.7 Å². The fraction of sp³-hybridized carbons (Fsp3) is 0.500. The van der Waals surface area contributed by atoms with E-state index in [0.29, 0.717) is 39.3 Å². The van der Waals surface area contributed by atoms with Gasteiger partial charge in [-0.3, -0.25) is 0 Å². The first-order chi connectivity index (χ1) is 7.95. The van der Waals surface area contributed by atoms with Crippen molar-refractivity contribution in [2.75, 3.05) is 12.4 Å². The number of rotatable bonds is 5. The van der Waals surface area contributed by atoms with E-state index in [9.17, 15) is 0 Å². The average Bonchev–Trinajstić information content (AvgIpc) is 2.21. The predicted molar refractivity (Wildman–Crippen MR) is 79.1 cm³/mol. The summed E-state index contributed by atoms with van der Waals surface area (Å²) in [6.07, 6.45) is 0. The SMILES string of the molecule is CC(C)C(CS)COc1c(Cl)cc(Cl)cc1Cl.